The van der Waals surface area contributed by atoms with E-state index in [-0.39, 0.29) is 5.69 Å². The number of para-hydroxylation sites is 1. The normalized spacial score (nSPS) is 9.50. The van der Waals surface area contributed by atoms with Crippen molar-refractivity contribution in [3.05, 3.63) is 29.8 Å². The van der Waals surface area contributed by atoms with Crippen LogP contribution in [0.15, 0.2) is 18.2 Å². The number of rotatable bonds is 4. The molecule has 0 heterocycles. The van der Waals surface area contributed by atoms with E-state index >= 15 is 0 Å². The van der Waals surface area contributed by atoms with Gasteiger partial charge in [0.05, 0.1) is 0 Å². The van der Waals surface area contributed by atoms with E-state index in [1.54, 1.807) is 0 Å². The molecule has 1 N–H and O–H groups in total. The zero-order valence-corrected chi connectivity index (χ0v) is 7.69. The zero-order chi connectivity index (χ0) is 10.4. The molecule has 14 heavy (non-hydrogen) atoms. The van der Waals surface area contributed by atoms with Crippen molar-refractivity contribution in [3.8, 4) is 12.3 Å². The number of unbranched alkanes of at least 4 members (excludes halogenated alkanes) is 1. The summed E-state index contributed by atoms with van der Waals surface area (Å²) in [6.07, 6.45) is 6.34. The summed E-state index contributed by atoms with van der Waals surface area (Å²) in [5, 5.41) is 2.67. The van der Waals surface area contributed by atoms with Gasteiger partial charge in [-0.05, 0) is 18.6 Å². The largest absolute Gasteiger partial charge is 0.380 e. The lowest BCUT2D eigenvalue weighted by Crippen LogP contribution is -2.05. The van der Waals surface area contributed by atoms with Gasteiger partial charge in [-0.3, -0.25) is 0 Å². The average Bonchev–Trinajstić information content (AvgIpc) is 2.16. The van der Waals surface area contributed by atoms with E-state index in [4.69, 9.17) is 6.42 Å². The second-order valence-corrected chi connectivity index (χ2v) is 2.83. The molecule has 1 rings (SSSR count). The average molecular weight is 195 g/mol. The fourth-order valence-corrected chi connectivity index (χ4v) is 1.07. The summed E-state index contributed by atoms with van der Waals surface area (Å²) in [5.41, 5.74) is -0.0791. The monoisotopic (exact) mass is 195 g/mol. The van der Waals surface area contributed by atoms with Crippen LogP contribution in [0.25, 0.3) is 0 Å². The van der Waals surface area contributed by atoms with E-state index in [0.29, 0.717) is 19.4 Å². The second kappa shape index (κ2) is 5.23. The molecular weight excluding hydrogens is 184 g/mol. The number of nitrogens with one attached hydrogen (secondary N) is 1. The van der Waals surface area contributed by atoms with E-state index in [1.807, 2.05) is 0 Å². The highest BCUT2D eigenvalue weighted by Crippen LogP contribution is 2.17. The summed E-state index contributed by atoms with van der Waals surface area (Å²) >= 11 is 0. The Morgan fingerprint density at radius 3 is 2.50 bits per heavy atom. The lowest BCUT2D eigenvalue weighted by molar-refractivity contribution is 0.587. The van der Waals surface area contributed by atoms with Gasteiger partial charge < -0.3 is 5.32 Å². The maximum atomic E-state index is 13.0. The Labute approximate surface area is 82.1 Å². The van der Waals surface area contributed by atoms with Crippen LogP contribution < -0.4 is 5.32 Å². The molecule has 0 aliphatic carbocycles. The molecule has 0 aliphatic rings. The van der Waals surface area contributed by atoms with E-state index in [1.165, 1.54) is 18.2 Å². The standard InChI is InChI=1S/C11H11F2N/c1-2-3-4-8-14-11-9(12)6-5-7-10(11)13/h1,5-7,14H,3-4,8H2. The molecule has 0 aromatic heterocycles. The first-order chi connectivity index (χ1) is 6.75. The Balaban J connectivity index is 2.54. The SMILES string of the molecule is C#CCCCNc1c(F)cccc1F. The molecule has 1 nitrogen and oxygen atoms in total. The van der Waals surface area contributed by atoms with Crippen LogP contribution in [-0.4, -0.2) is 6.54 Å². The van der Waals surface area contributed by atoms with Gasteiger partial charge in [0, 0.05) is 13.0 Å². The first-order valence-electron chi connectivity index (χ1n) is 4.37. The van der Waals surface area contributed by atoms with Crippen molar-refractivity contribution < 1.29 is 8.78 Å². The van der Waals surface area contributed by atoms with Crippen LogP contribution in [0.5, 0.6) is 0 Å². The number of anilines is 1. The Bertz CT molecular complexity index is 321. The molecule has 0 atom stereocenters. The van der Waals surface area contributed by atoms with Gasteiger partial charge in [0.2, 0.25) is 0 Å². The minimum absolute atomic E-state index is 0.0791. The fraction of sp³-hybridized carbons (Fsp3) is 0.273. The lowest BCUT2D eigenvalue weighted by Gasteiger charge is -2.06. The van der Waals surface area contributed by atoms with Gasteiger partial charge >= 0.3 is 0 Å². The molecule has 0 unspecified atom stereocenters. The fourth-order valence-electron chi connectivity index (χ4n) is 1.07. The smallest absolute Gasteiger partial charge is 0.149 e. The van der Waals surface area contributed by atoms with Crippen molar-refractivity contribution in [2.75, 3.05) is 11.9 Å². The van der Waals surface area contributed by atoms with Gasteiger partial charge in [-0.2, -0.15) is 0 Å². The van der Waals surface area contributed by atoms with Crippen LogP contribution >= 0.6 is 0 Å². The molecule has 3 heteroatoms. The third-order valence-corrected chi connectivity index (χ3v) is 1.76. The van der Waals surface area contributed by atoms with Gasteiger partial charge in [0.1, 0.15) is 17.3 Å². The number of halogens is 2. The maximum absolute atomic E-state index is 13.0. The van der Waals surface area contributed by atoms with E-state index in [0.717, 1.165) is 0 Å². The summed E-state index contributed by atoms with van der Waals surface area (Å²) in [4.78, 5) is 0. The molecule has 0 fully saturated rings. The number of benzene rings is 1. The molecule has 0 radical (unpaired) electrons. The number of hydrogen-bond donors (Lipinski definition) is 1. The Morgan fingerprint density at radius 1 is 1.29 bits per heavy atom. The highest BCUT2D eigenvalue weighted by atomic mass is 19.1. The quantitative estimate of drug-likeness (QED) is 0.575. The van der Waals surface area contributed by atoms with Gasteiger partial charge in [-0.25, -0.2) is 8.78 Å². The van der Waals surface area contributed by atoms with E-state index in [9.17, 15) is 8.78 Å². The van der Waals surface area contributed by atoms with Crippen LogP contribution in [0.4, 0.5) is 14.5 Å². The minimum atomic E-state index is -0.578. The first kappa shape index (κ1) is 10.5. The van der Waals surface area contributed by atoms with Crippen LogP contribution in [0.2, 0.25) is 0 Å². The first-order valence-corrected chi connectivity index (χ1v) is 4.37. The predicted molar refractivity (Wildman–Crippen MR) is 52.9 cm³/mol. The van der Waals surface area contributed by atoms with Gasteiger partial charge in [0.15, 0.2) is 0 Å². The van der Waals surface area contributed by atoms with E-state index < -0.39 is 11.6 Å². The second-order valence-electron chi connectivity index (χ2n) is 2.83. The van der Waals surface area contributed by atoms with Crippen LogP contribution in [0.3, 0.4) is 0 Å². The molecule has 1 aromatic rings. The predicted octanol–water partition coefficient (Wildman–Crippen LogP) is 2.79. The molecule has 0 amide bonds. The zero-order valence-electron chi connectivity index (χ0n) is 7.69. The highest BCUT2D eigenvalue weighted by molar-refractivity contribution is 5.45. The van der Waals surface area contributed by atoms with Crippen molar-refractivity contribution in [2.24, 2.45) is 0 Å². The van der Waals surface area contributed by atoms with Crippen molar-refractivity contribution in [3.63, 3.8) is 0 Å². The van der Waals surface area contributed by atoms with Crippen molar-refractivity contribution in [2.45, 2.75) is 12.8 Å². The molecule has 1 aromatic carbocycles. The summed E-state index contributed by atoms with van der Waals surface area (Å²) in [6.45, 7) is 0.474. The third-order valence-electron chi connectivity index (χ3n) is 1.76. The molecule has 0 spiro atoms. The Hall–Kier alpha value is -1.56. The molecule has 0 saturated carbocycles. The summed E-state index contributed by atoms with van der Waals surface area (Å²) in [6, 6.07) is 3.76. The molecule has 0 bridgehead atoms. The van der Waals surface area contributed by atoms with Crippen molar-refractivity contribution >= 4 is 5.69 Å². The van der Waals surface area contributed by atoms with E-state index in [2.05, 4.69) is 11.2 Å². The molecular formula is C11H11F2N. The van der Waals surface area contributed by atoms with Gasteiger partial charge in [-0.15, -0.1) is 12.3 Å². The number of hydrogen-bond acceptors (Lipinski definition) is 1. The number of terminal acetylenes is 1. The Morgan fingerprint density at radius 2 is 1.93 bits per heavy atom. The molecule has 0 aliphatic heterocycles. The van der Waals surface area contributed by atoms with Crippen molar-refractivity contribution in [1.29, 1.82) is 0 Å². The summed E-state index contributed by atoms with van der Waals surface area (Å²) in [5.74, 6) is 1.30. The summed E-state index contributed by atoms with van der Waals surface area (Å²) < 4.78 is 26.0. The van der Waals surface area contributed by atoms with Crippen LogP contribution in [0.1, 0.15) is 12.8 Å². The highest BCUT2D eigenvalue weighted by Gasteiger charge is 2.06. The topological polar surface area (TPSA) is 12.0 Å². The van der Waals surface area contributed by atoms with Gasteiger partial charge in [-0.1, -0.05) is 6.07 Å². The Kier molecular flexibility index (Phi) is 3.93. The molecule has 0 saturated heterocycles. The summed E-state index contributed by atoms with van der Waals surface area (Å²) in [7, 11) is 0. The van der Waals surface area contributed by atoms with Crippen molar-refractivity contribution in [1.82, 2.24) is 0 Å². The van der Waals surface area contributed by atoms with Crippen LogP contribution in [-0.2, 0) is 0 Å². The van der Waals surface area contributed by atoms with Gasteiger partial charge in [0.25, 0.3) is 0 Å². The minimum Gasteiger partial charge on any atom is -0.380 e. The lowest BCUT2D eigenvalue weighted by atomic mass is 10.2. The maximum Gasteiger partial charge on any atom is 0.149 e. The third kappa shape index (κ3) is 2.74. The van der Waals surface area contributed by atoms with Crippen LogP contribution in [0, 0.1) is 24.0 Å². The molecule has 74 valence electrons.